The second-order valence-corrected chi connectivity index (χ2v) is 30.5. The van der Waals surface area contributed by atoms with Crippen LogP contribution < -0.4 is 10.2 Å². The smallest absolute Gasteiger partial charge is 0.268 e. The van der Waals surface area contributed by atoms with Crippen LogP contribution in [0.3, 0.4) is 0 Å². The van der Waals surface area contributed by atoms with E-state index in [9.17, 15) is 19.4 Å². The maximum atomic E-state index is 13.1. The highest BCUT2D eigenvalue weighted by Gasteiger charge is 2.23. The van der Waals surface area contributed by atoms with Gasteiger partial charge in [-0.2, -0.15) is 0 Å². The lowest BCUT2D eigenvalue weighted by molar-refractivity contribution is -0.870. The van der Waals surface area contributed by atoms with Crippen molar-refractivity contribution < 1.29 is 32.9 Å². The lowest BCUT2D eigenvalue weighted by Crippen LogP contribution is -2.45. The summed E-state index contributed by atoms with van der Waals surface area (Å²) in [5, 5.41) is 14.0. The van der Waals surface area contributed by atoms with Gasteiger partial charge in [0.05, 0.1) is 39.9 Å². The normalized spacial score (nSPS) is 13.6. The summed E-state index contributed by atoms with van der Waals surface area (Å²) in [5.74, 6) is -0.197. The molecule has 0 fully saturated rings. The molecule has 0 aliphatic carbocycles. The van der Waals surface area contributed by atoms with E-state index in [1.54, 1.807) is 6.08 Å². The number of aliphatic hydroxyl groups is 1. The molecule has 0 radical (unpaired) electrons. The molecule has 3 unspecified atom stereocenters. The fraction of sp³-hybridized carbons (Fsp3) is 0.938. The highest BCUT2D eigenvalue weighted by atomic mass is 31.2. The van der Waals surface area contributed by atoms with Crippen molar-refractivity contribution in [2.45, 2.75) is 443 Å². The van der Waals surface area contributed by atoms with E-state index < -0.39 is 20.0 Å². The second-order valence-electron chi connectivity index (χ2n) is 29.1. The number of nitrogens with one attached hydrogen (secondary N) is 1. The van der Waals surface area contributed by atoms with Gasteiger partial charge in [-0.25, -0.2) is 0 Å². The summed E-state index contributed by atoms with van der Waals surface area (Å²) in [6.07, 6.45) is 95.1. The number of hydrogen-bond donors (Lipinski definition) is 2. The van der Waals surface area contributed by atoms with Gasteiger partial charge in [-0.3, -0.25) is 9.36 Å². The number of carbonyl (C=O) groups excluding carboxylic acids is 1. The Bertz CT molecular complexity index is 1500. The fourth-order valence-corrected chi connectivity index (χ4v) is 13.4. The number of quaternary nitrogens is 1. The van der Waals surface area contributed by atoms with Gasteiger partial charge < -0.3 is 28.8 Å². The number of carbonyl (C=O) groups is 1. The number of amides is 1. The first-order valence-electron chi connectivity index (χ1n) is 40.2. The fourth-order valence-electron chi connectivity index (χ4n) is 12.7. The number of allylic oxidation sites excluding steroid dienone is 3. The van der Waals surface area contributed by atoms with Crippen molar-refractivity contribution in [2.24, 2.45) is 0 Å². The first-order chi connectivity index (χ1) is 43.5. The summed E-state index contributed by atoms with van der Waals surface area (Å²) in [6, 6.07) is -0.903. The molecule has 0 heterocycles. The Morgan fingerprint density at radius 2 is 0.629 bits per heavy atom. The van der Waals surface area contributed by atoms with Crippen molar-refractivity contribution >= 4 is 13.7 Å². The van der Waals surface area contributed by atoms with Gasteiger partial charge in [-0.15, -0.1) is 0 Å². The number of phosphoric acid groups is 1. The Morgan fingerprint density at radius 1 is 0.382 bits per heavy atom. The molecule has 0 saturated heterocycles. The summed E-state index contributed by atoms with van der Waals surface area (Å²) >= 11 is 0. The average Bonchev–Trinajstić information content (AvgIpc) is 3.69. The molecule has 0 rings (SSSR count). The topological polar surface area (TPSA) is 108 Å². The Morgan fingerprint density at radius 3 is 0.910 bits per heavy atom. The average molecular weight is 1280 g/mol. The van der Waals surface area contributed by atoms with Crippen LogP contribution in [-0.2, 0) is 18.4 Å². The van der Waals surface area contributed by atoms with Crippen molar-refractivity contribution in [3.05, 3.63) is 24.3 Å². The molecule has 3 atom stereocenters. The first kappa shape index (κ1) is 88.0. The Hall–Kier alpha value is -1.02. The van der Waals surface area contributed by atoms with E-state index in [-0.39, 0.29) is 19.1 Å². The van der Waals surface area contributed by atoms with Crippen LogP contribution in [0.1, 0.15) is 431 Å². The molecule has 0 aromatic rings. The quantitative estimate of drug-likeness (QED) is 0.0272. The molecule has 8 nitrogen and oxygen atoms in total. The van der Waals surface area contributed by atoms with Crippen LogP contribution >= 0.6 is 7.82 Å². The molecule has 1 amide bonds. The van der Waals surface area contributed by atoms with Crippen LogP contribution in [0.2, 0.25) is 0 Å². The highest BCUT2D eigenvalue weighted by molar-refractivity contribution is 7.45. The summed E-state index contributed by atoms with van der Waals surface area (Å²) in [5.41, 5.74) is 0. The standard InChI is InChI=1S/C80H159N2O6P/c1-6-8-10-12-14-16-18-20-22-24-26-28-30-32-34-36-38-39-40-41-42-44-46-48-50-52-54-56-58-60-62-64-66-68-70-72-74-80(84)81-78(77-88-89(85,86)87-76-75-82(3,4)5)79(83)73-71-69-67-65-63-61-59-57-55-53-51-49-47-45-43-37-35-33-31-29-27-25-23-21-19-17-15-13-11-9-7-2/h63,65,71,73,78-79,83H,6-62,64,66-70,72,74-77H2,1-5H3,(H-,81,84,85,86)/b65-63+,73-71+. The van der Waals surface area contributed by atoms with Crippen molar-refractivity contribution in [2.75, 3.05) is 40.9 Å². The zero-order chi connectivity index (χ0) is 64.8. The lowest BCUT2D eigenvalue weighted by Gasteiger charge is -2.29. The predicted molar refractivity (Wildman–Crippen MR) is 390 cm³/mol. The minimum atomic E-state index is -4.61. The summed E-state index contributed by atoms with van der Waals surface area (Å²) in [7, 11) is 1.27. The van der Waals surface area contributed by atoms with Crippen molar-refractivity contribution in [1.82, 2.24) is 5.32 Å². The van der Waals surface area contributed by atoms with E-state index in [4.69, 9.17) is 9.05 Å². The molecule has 0 aliphatic heterocycles. The molecule has 2 N–H and O–H groups in total. The second kappa shape index (κ2) is 71.3. The molecule has 0 bridgehead atoms. The zero-order valence-corrected chi connectivity index (χ0v) is 61.8. The van der Waals surface area contributed by atoms with Gasteiger partial charge in [0.25, 0.3) is 7.82 Å². The third kappa shape index (κ3) is 74.2. The Kier molecular flexibility index (Phi) is 70.5. The first-order valence-corrected chi connectivity index (χ1v) is 41.7. The Balaban J connectivity index is 3.96. The minimum Gasteiger partial charge on any atom is -0.756 e. The Labute approximate surface area is 557 Å². The zero-order valence-electron chi connectivity index (χ0n) is 60.9. The van der Waals surface area contributed by atoms with E-state index in [2.05, 4.69) is 31.3 Å². The van der Waals surface area contributed by atoms with Crippen molar-refractivity contribution in [3.63, 3.8) is 0 Å². The number of unbranched alkanes of at least 4 members (excludes halogenated alkanes) is 61. The molecular formula is C80H159N2O6P. The third-order valence-corrected chi connectivity index (χ3v) is 19.9. The number of aliphatic hydroxyl groups excluding tert-OH is 1. The lowest BCUT2D eigenvalue weighted by atomic mass is 10.0. The van der Waals surface area contributed by atoms with Gasteiger partial charge in [-0.05, 0) is 32.1 Å². The maximum absolute atomic E-state index is 13.1. The monoisotopic (exact) mass is 1280 g/mol. The van der Waals surface area contributed by atoms with Crippen LogP contribution in [0.5, 0.6) is 0 Å². The van der Waals surface area contributed by atoms with Crippen LogP contribution in [-0.4, -0.2) is 68.5 Å². The summed E-state index contributed by atoms with van der Waals surface area (Å²) < 4.78 is 23.5. The predicted octanol–water partition coefficient (Wildman–Crippen LogP) is 25.5. The highest BCUT2D eigenvalue weighted by Crippen LogP contribution is 2.38. The van der Waals surface area contributed by atoms with E-state index in [1.807, 2.05) is 27.2 Å². The molecule has 0 aliphatic rings. The summed E-state index contributed by atoms with van der Waals surface area (Å²) in [4.78, 5) is 25.7. The van der Waals surface area contributed by atoms with Gasteiger partial charge in [0.15, 0.2) is 0 Å². The summed E-state index contributed by atoms with van der Waals surface area (Å²) in [6.45, 7) is 4.71. The molecule has 89 heavy (non-hydrogen) atoms. The van der Waals surface area contributed by atoms with Crippen molar-refractivity contribution in [1.29, 1.82) is 0 Å². The molecule has 0 aromatic carbocycles. The molecule has 530 valence electrons. The molecule has 0 aromatic heterocycles. The van der Waals surface area contributed by atoms with Crippen molar-refractivity contribution in [3.8, 4) is 0 Å². The number of rotatable bonds is 76. The van der Waals surface area contributed by atoms with E-state index in [1.165, 1.54) is 372 Å². The number of hydrogen-bond acceptors (Lipinski definition) is 6. The molecule has 0 spiro atoms. The number of nitrogens with zero attached hydrogens (tertiary/aromatic N) is 1. The van der Waals surface area contributed by atoms with Gasteiger partial charge in [0.2, 0.25) is 5.91 Å². The van der Waals surface area contributed by atoms with Gasteiger partial charge >= 0.3 is 0 Å². The van der Waals surface area contributed by atoms with E-state index in [0.717, 1.165) is 38.5 Å². The van der Waals surface area contributed by atoms with Gasteiger partial charge in [0.1, 0.15) is 13.2 Å². The number of likely N-dealkylation sites (N-methyl/N-ethyl adjacent to an activating group) is 1. The third-order valence-electron chi connectivity index (χ3n) is 18.9. The molecule has 9 heteroatoms. The molecular weight excluding hydrogens is 1120 g/mol. The largest absolute Gasteiger partial charge is 0.756 e. The van der Waals surface area contributed by atoms with Gasteiger partial charge in [-0.1, -0.05) is 417 Å². The minimum absolute atomic E-state index is 0.00325. The van der Waals surface area contributed by atoms with Gasteiger partial charge in [0, 0.05) is 6.42 Å². The maximum Gasteiger partial charge on any atom is 0.268 e. The number of phosphoric ester groups is 1. The van der Waals surface area contributed by atoms with E-state index in [0.29, 0.717) is 17.4 Å². The van der Waals surface area contributed by atoms with E-state index >= 15 is 0 Å². The van der Waals surface area contributed by atoms with Crippen LogP contribution in [0.15, 0.2) is 24.3 Å². The SMILES string of the molecule is CCCCCCCCCCCCCCCCCCCCCCCCCCC/C=C/CC/C=C/C(O)C(COP(=O)([O-])OCC[N+](C)(C)C)NC(=O)CCCCCCCCCCCCCCCCCCCCCCCCCCCCCCCCCCCCCC. The molecule has 0 saturated carbocycles. The van der Waals surface area contributed by atoms with Crippen LogP contribution in [0.25, 0.3) is 0 Å². The van der Waals surface area contributed by atoms with Crippen LogP contribution in [0, 0.1) is 0 Å². The van der Waals surface area contributed by atoms with Crippen LogP contribution in [0.4, 0.5) is 0 Å².